The first-order valence-electron chi connectivity index (χ1n) is 5.40. The summed E-state index contributed by atoms with van der Waals surface area (Å²) in [5, 5.41) is 9.20. The van der Waals surface area contributed by atoms with Crippen LogP contribution in [0.1, 0.15) is 12.8 Å². The van der Waals surface area contributed by atoms with Crippen molar-refractivity contribution in [3.63, 3.8) is 0 Å². The lowest BCUT2D eigenvalue weighted by atomic mass is 9.82. The molecule has 0 saturated heterocycles. The maximum Gasteiger partial charge on any atom is 0.0546 e. The van der Waals surface area contributed by atoms with Crippen LogP contribution < -0.4 is 10.6 Å². The maximum atomic E-state index is 9.20. The minimum atomic E-state index is -0.0604. The Bertz CT molecular complexity index is 317. The van der Waals surface area contributed by atoms with E-state index in [2.05, 4.69) is 11.9 Å². The molecule has 1 saturated carbocycles. The molecule has 0 aliphatic heterocycles. The minimum absolute atomic E-state index is 0.0604. The first kappa shape index (κ1) is 10.3. The summed E-state index contributed by atoms with van der Waals surface area (Å²) >= 11 is 0. The lowest BCUT2D eigenvalue weighted by molar-refractivity contribution is 0.0465. The molecule has 0 radical (unpaired) electrons. The van der Waals surface area contributed by atoms with Crippen molar-refractivity contribution in [3.05, 3.63) is 24.3 Å². The van der Waals surface area contributed by atoms with Crippen molar-refractivity contribution in [1.29, 1.82) is 0 Å². The molecule has 2 rings (SSSR count). The summed E-state index contributed by atoms with van der Waals surface area (Å²) in [5.74, 6) is 0.641. The number of rotatable bonds is 3. The number of nitrogen functional groups attached to an aromatic ring is 1. The number of benzene rings is 1. The van der Waals surface area contributed by atoms with Gasteiger partial charge in [-0.05, 0) is 43.0 Å². The fourth-order valence-corrected chi connectivity index (χ4v) is 2.07. The molecule has 1 aliphatic rings. The van der Waals surface area contributed by atoms with Gasteiger partial charge in [-0.15, -0.1) is 0 Å². The third-order valence-electron chi connectivity index (χ3n) is 3.08. The highest BCUT2D eigenvalue weighted by Crippen LogP contribution is 2.29. The molecule has 0 aromatic heterocycles. The van der Waals surface area contributed by atoms with Gasteiger partial charge in [-0.1, -0.05) is 0 Å². The van der Waals surface area contributed by atoms with Gasteiger partial charge in [0.05, 0.1) is 6.10 Å². The van der Waals surface area contributed by atoms with Gasteiger partial charge in [-0.2, -0.15) is 0 Å². The molecule has 0 unspecified atom stereocenters. The Labute approximate surface area is 90.5 Å². The number of hydrogen-bond acceptors (Lipinski definition) is 3. The van der Waals surface area contributed by atoms with Crippen LogP contribution in [0.2, 0.25) is 0 Å². The molecule has 3 heteroatoms. The number of hydrogen-bond donors (Lipinski definition) is 2. The molecule has 3 N–H and O–H groups in total. The summed E-state index contributed by atoms with van der Waals surface area (Å²) in [5.41, 5.74) is 7.62. The van der Waals surface area contributed by atoms with Crippen molar-refractivity contribution in [2.75, 3.05) is 24.2 Å². The number of nitrogens with two attached hydrogens (primary N) is 1. The lowest BCUT2D eigenvalue weighted by Crippen LogP contribution is -2.37. The normalized spacial score (nSPS) is 24.7. The van der Waals surface area contributed by atoms with Gasteiger partial charge in [0.1, 0.15) is 0 Å². The number of aliphatic hydroxyl groups is 1. The molecular weight excluding hydrogens is 188 g/mol. The third-order valence-corrected chi connectivity index (χ3v) is 3.08. The largest absolute Gasteiger partial charge is 0.399 e. The summed E-state index contributed by atoms with van der Waals surface area (Å²) in [7, 11) is 2.08. The van der Waals surface area contributed by atoms with Crippen LogP contribution in [-0.2, 0) is 0 Å². The molecule has 1 aromatic rings. The molecule has 0 spiro atoms. The van der Waals surface area contributed by atoms with E-state index in [0.717, 1.165) is 25.1 Å². The molecule has 0 atom stereocenters. The second-order valence-corrected chi connectivity index (χ2v) is 4.46. The van der Waals surface area contributed by atoms with Gasteiger partial charge in [0, 0.05) is 25.0 Å². The zero-order valence-corrected chi connectivity index (χ0v) is 9.06. The zero-order chi connectivity index (χ0) is 10.8. The zero-order valence-electron chi connectivity index (χ0n) is 9.06. The summed E-state index contributed by atoms with van der Waals surface area (Å²) < 4.78 is 0. The van der Waals surface area contributed by atoms with Gasteiger partial charge in [-0.3, -0.25) is 0 Å². The van der Waals surface area contributed by atoms with E-state index in [0.29, 0.717) is 5.92 Å². The van der Waals surface area contributed by atoms with E-state index in [-0.39, 0.29) is 6.10 Å². The van der Waals surface area contributed by atoms with Crippen LogP contribution in [0, 0.1) is 5.92 Å². The van der Waals surface area contributed by atoms with Gasteiger partial charge in [-0.25, -0.2) is 0 Å². The number of nitrogens with zero attached hydrogens (tertiary/aromatic N) is 1. The highest BCUT2D eigenvalue weighted by atomic mass is 16.3. The van der Waals surface area contributed by atoms with Crippen molar-refractivity contribution in [2.24, 2.45) is 5.92 Å². The van der Waals surface area contributed by atoms with E-state index in [1.165, 1.54) is 5.69 Å². The molecule has 1 aliphatic carbocycles. The molecule has 1 fully saturated rings. The van der Waals surface area contributed by atoms with E-state index < -0.39 is 0 Å². The number of anilines is 2. The van der Waals surface area contributed by atoms with Crippen molar-refractivity contribution in [2.45, 2.75) is 18.9 Å². The van der Waals surface area contributed by atoms with Crippen molar-refractivity contribution in [1.82, 2.24) is 0 Å². The highest BCUT2D eigenvalue weighted by Gasteiger charge is 2.27. The van der Waals surface area contributed by atoms with Gasteiger partial charge in [0.2, 0.25) is 0 Å². The van der Waals surface area contributed by atoms with Crippen LogP contribution in [0.5, 0.6) is 0 Å². The second kappa shape index (κ2) is 4.11. The molecule has 15 heavy (non-hydrogen) atoms. The van der Waals surface area contributed by atoms with Crippen LogP contribution >= 0.6 is 0 Å². The molecule has 0 heterocycles. The van der Waals surface area contributed by atoms with Crippen LogP contribution in [0.25, 0.3) is 0 Å². The summed E-state index contributed by atoms with van der Waals surface area (Å²) in [6.45, 7) is 1.01. The fraction of sp³-hybridized carbons (Fsp3) is 0.500. The number of aliphatic hydroxyl groups excluding tert-OH is 1. The van der Waals surface area contributed by atoms with Gasteiger partial charge in [0.15, 0.2) is 0 Å². The lowest BCUT2D eigenvalue weighted by Gasteiger charge is -2.35. The molecule has 1 aromatic carbocycles. The average Bonchev–Trinajstić information content (AvgIpc) is 2.16. The van der Waals surface area contributed by atoms with Crippen molar-refractivity contribution < 1.29 is 5.11 Å². The predicted octanol–water partition coefficient (Wildman–Crippen LogP) is 1.48. The minimum Gasteiger partial charge on any atom is -0.399 e. The molecular formula is C12H18N2O. The monoisotopic (exact) mass is 206 g/mol. The van der Waals surface area contributed by atoms with Crippen LogP contribution in [-0.4, -0.2) is 24.8 Å². The Morgan fingerprint density at radius 1 is 1.33 bits per heavy atom. The molecule has 82 valence electrons. The molecule has 0 bridgehead atoms. The summed E-state index contributed by atoms with van der Waals surface area (Å²) in [6, 6.07) is 7.90. The Balaban J connectivity index is 1.90. The van der Waals surface area contributed by atoms with Crippen molar-refractivity contribution in [3.8, 4) is 0 Å². The second-order valence-electron chi connectivity index (χ2n) is 4.46. The predicted molar refractivity (Wildman–Crippen MR) is 62.9 cm³/mol. The summed E-state index contributed by atoms with van der Waals surface area (Å²) in [6.07, 6.45) is 1.83. The van der Waals surface area contributed by atoms with E-state index in [4.69, 9.17) is 5.73 Å². The maximum absolute atomic E-state index is 9.20. The first-order valence-corrected chi connectivity index (χ1v) is 5.40. The van der Waals surface area contributed by atoms with E-state index >= 15 is 0 Å². The SMILES string of the molecule is CN(CC1CC(O)C1)c1ccc(N)cc1. The van der Waals surface area contributed by atoms with Crippen LogP contribution in [0.3, 0.4) is 0 Å². The van der Waals surface area contributed by atoms with E-state index in [1.807, 2.05) is 24.3 Å². The molecule has 3 nitrogen and oxygen atoms in total. The standard InChI is InChI=1S/C12H18N2O/c1-14(8-9-6-12(15)7-9)11-4-2-10(13)3-5-11/h2-5,9,12,15H,6-8,13H2,1H3. The Hall–Kier alpha value is -1.22. The Morgan fingerprint density at radius 3 is 2.47 bits per heavy atom. The van der Waals surface area contributed by atoms with Gasteiger partial charge < -0.3 is 15.7 Å². The smallest absolute Gasteiger partial charge is 0.0546 e. The van der Waals surface area contributed by atoms with Crippen LogP contribution in [0.4, 0.5) is 11.4 Å². The Kier molecular flexibility index (Phi) is 2.82. The fourth-order valence-electron chi connectivity index (χ4n) is 2.07. The Morgan fingerprint density at radius 2 is 1.93 bits per heavy atom. The van der Waals surface area contributed by atoms with Crippen molar-refractivity contribution >= 4 is 11.4 Å². The summed E-state index contributed by atoms with van der Waals surface area (Å²) in [4.78, 5) is 2.22. The topological polar surface area (TPSA) is 49.5 Å². The quantitative estimate of drug-likeness (QED) is 0.736. The van der Waals surface area contributed by atoms with Gasteiger partial charge >= 0.3 is 0 Å². The average molecular weight is 206 g/mol. The van der Waals surface area contributed by atoms with Gasteiger partial charge in [0.25, 0.3) is 0 Å². The van der Waals surface area contributed by atoms with E-state index in [9.17, 15) is 5.11 Å². The van der Waals surface area contributed by atoms with E-state index in [1.54, 1.807) is 0 Å². The third kappa shape index (κ3) is 2.42. The first-order chi connectivity index (χ1) is 7.15. The highest BCUT2D eigenvalue weighted by molar-refractivity contribution is 5.52. The van der Waals surface area contributed by atoms with Crippen LogP contribution in [0.15, 0.2) is 24.3 Å². The molecule has 0 amide bonds.